The van der Waals surface area contributed by atoms with Gasteiger partial charge in [-0.3, -0.25) is 0 Å². The summed E-state index contributed by atoms with van der Waals surface area (Å²) >= 11 is 11.9. The smallest absolute Gasteiger partial charge is 0.0612 e. The number of hydrogen-bond acceptors (Lipinski definition) is 2. The van der Waals surface area contributed by atoms with Crippen LogP contribution in [0.4, 0.5) is 5.69 Å². The monoisotopic (exact) mass is 272 g/mol. The molecule has 0 spiro atoms. The molecule has 1 fully saturated rings. The Morgan fingerprint density at radius 2 is 2.24 bits per heavy atom. The van der Waals surface area contributed by atoms with Gasteiger partial charge in [0.05, 0.1) is 10.0 Å². The molecule has 1 heterocycles. The van der Waals surface area contributed by atoms with Gasteiger partial charge < -0.3 is 10.6 Å². The van der Waals surface area contributed by atoms with E-state index in [9.17, 15) is 0 Å². The number of benzene rings is 1. The van der Waals surface area contributed by atoms with Crippen molar-refractivity contribution in [1.29, 1.82) is 0 Å². The molecule has 94 valence electrons. The van der Waals surface area contributed by atoms with Crippen LogP contribution in [0.25, 0.3) is 0 Å². The Kier molecular flexibility index (Phi) is 4.55. The standard InChI is InChI=1S/C13H18Cl2N2/c1-9(7-10-3-2-6-16-10)17-11-4-5-12(14)13(15)8-11/h4-5,8-10,16-17H,2-3,6-7H2,1H3. The minimum atomic E-state index is 0.433. The van der Waals surface area contributed by atoms with Crippen molar-refractivity contribution in [2.45, 2.75) is 38.3 Å². The molecule has 1 aliphatic heterocycles. The zero-order valence-electron chi connectivity index (χ0n) is 9.97. The lowest BCUT2D eigenvalue weighted by Crippen LogP contribution is -2.29. The van der Waals surface area contributed by atoms with Crippen molar-refractivity contribution in [3.63, 3.8) is 0 Å². The van der Waals surface area contributed by atoms with Crippen LogP contribution in [0.2, 0.25) is 10.0 Å². The van der Waals surface area contributed by atoms with Crippen LogP contribution in [0, 0.1) is 0 Å². The lowest BCUT2D eigenvalue weighted by atomic mass is 10.1. The van der Waals surface area contributed by atoms with Gasteiger partial charge in [0.15, 0.2) is 0 Å². The van der Waals surface area contributed by atoms with Gasteiger partial charge in [-0.1, -0.05) is 23.2 Å². The molecular formula is C13H18Cl2N2. The third-order valence-electron chi connectivity index (χ3n) is 3.13. The lowest BCUT2D eigenvalue weighted by molar-refractivity contribution is 0.523. The van der Waals surface area contributed by atoms with Crippen LogP contribution in [0.5, 0.6) is 0 Å². The topological polar surface area (TPSA) is 24.1 Å². The van der Waals surface area contributed by atoms with Crippen LogP contribution in [-0.4, -0.2) is 18.6 Å². The van der Waals surface area contributed by atoms with Gasteiger partial charge in [0.25, 0.3) is 0 Å². The fraction of sp³-hybridized carbons (Fsp3) is 0.538. The highest BCUT2D eigenvalue weighted by Crippen LogP contribution is 2.25. The highest BCUT2D eigenvalue weighted by molar-refractivity contribution is 6.42. The Morgan fingerprint density at radius 1 is 1.41 bits per heavy atom. The fourth-order valence-corrected chi connectivity index (χ4v) is 2.61. The van der Waals surface area contributed by atoms with Crippen LogP contribution in [0.1, 0.15) is 26.2 Å². The molecule has 0 aliphatic carbocycles. The zero-order valence-corrected chi connectivity index (χ0v) is 11.5. The third-order valence-corrected chi connectivity index (χ3v) is 3.87. The van der Waals surface area contributed by atoms with Crippen LogP contribution >= 0.6 is 23.2 Å². The normalized spacial score (nSPS) is 21.5. The van der Waals surface area contributed by atoms with Crippen molar-refractivity contribution in [1.82, 2.24) is 5.32 Å². The Hall–Kier alpha value is -0.440. The summed E-state index contributed by atoms with van der Waals surface area (Å²) in [5.74, 6) is 0. The van der Waals surface area contributed by atoms with Gasteiger partial charge in [-0.2, -0.15) is 0 Å². The number of halogens is 2. The van der Waals surface area contributed by atoms with E-state index in [0.29, 0.717) is 22.1 Å². The Morgan fingerprint density at radius 3 is 2.88 bits per heavy atom. The highest BCUT2D eigenvalue weighted by atomic mass is 35.5. The maximum Gasteiger partial charge on any atom is 0.0612 e. The number of rotatable bonds is 4. The second-order valence-corrected chi connectivity index (χ2v) is 5.52. The Bertz CT molecular complexity index is 376. The molecule has 2 unspecified atom stereocenters. The molecule has 1 aromatic carbocycles. The average Bonchev–Trinajstić information content (AvgIpc) is 2.76. The van der Waals surface area contributed by atoms with Crippen molar-refractivity contribution in [2.75, 3.05) is 11.9 Å². The molecule has 1 saturated heterocycles. The molecule has 4 heteroatoms. The first-order chi connectivity index (χ1) is 8.15. The molecule has 17 heavy (non-hydrogen) atoms. The first-order valence-electron chi connectivity index (χ1n) is 6.10. The third kappa shape index (κ3) is 3.77. The number of hydrogen-bond donors (Lipinski definition) is 2. The molecule has 1 aromatic rings. The molecule has 2 N–H and O–H groups in total. The number of anilines is 1. The lowest BCUT2D eigenvalue weighted by Gasteiger charge is -2.19. The van der Waals surface area contributed by atoms with Crippen molar-refractivity contribution in [3.05, 3.63) is 28.2 Å². The van der Waals surface area contributed by atoms with E-state index in [4.69, 9.17) is 23.2 Å². The quantitative estimate of drug-likeness (QED) is 0.868. The summed E-state index contributed by atoms with van der Waals surface area (Å²) < 4.78 is 0. The van der Waals surface area contributed by atoms with Crippen molar-refractivity contribution in [2.24, 2.45) is 0 Å². The fourth-order valence-electron chi connectivity index (χ4n) is 2.31. The van der Waals surface area contributed by atoms with Crippen molar-refractivity contribution < 1.29 is 0 Å². The summed E-state index contributed by atoms with van der Waals surface area (Å²) in [6.45, 7) is 3.35. The minimum Gasteiger partial charge on any atom is -0.382 e. The summed E-state index contributed by atoms with van der Waals surface area (Å²) in [4.78, 5) is 0. The predicted octanol–water partition coefficient (Wildman–Crippen LogP) is 3.94. The van der Waals surface area contributed by atoms with Crippen LogP contribution in [-0.2, 0) is 0 Å². The first-order valence-corrected chi connectivity index (χ1v) is 6.85. The summed E-state index contributed by atoms with van der Waals surface area (Å²) in [5, 5.41) is 8.16. The van der Waals surface area contributed by atoms with Crippen molar-refractivity contribution in [3.8, 4) is 0 Å². The van der Waals surface area contributed by atoms with Crippen LogP contribution in [0.15, 0.2) is 18.2 Å². The molecule has 0 aromatic heterocycles. The summed E-state index contributed by atoms with van der Waals surface area (Å²) in [5.41, 5.74) is 1.03. The van der Waals surface area contributed by atoms with Gasteiger partial charge in [0, 0.05) is 17.8 Å². The van der Waals surface area contributed by atoms with E-state index < -0.39 is 0 Å². The SMILES string of the molecule is CC(CC1CCCN1)Nc1ccc(Cl)c(Cl)c1. The molecule has 2 nitrogen and oxygen atoms in total. The van der Waals surface area contributed by atoms with Gasteiger partial charge in [0.1, 0.15) is 0 Å². The first kappa shape index (κ1) is 13.0. The second-order valence-electron chi connectivity index (χ2n) is 4.70. The maximum absolute atomic E-state index is 5.98. The highest BCUT2D eigenvalue weighted by Gasteiger charge is 2.16. The van der Waals surface area contributed by atoms with Crippen LogP contribution in [0.3, 0.4) is 0 Å². The number of nitrogens with one attached hydrogen (secondary N) is 2. The van der Waals surface area contributed by atoms with Gasteiger partial charge in [-0.15, -0.1) is 0 Å². The van der Waals surface area contributed by atoms with Crippen LogP contribution < -0.4 is 10.6 Å². The molecule has 0 bridgehead atoms. The van der Waals surface area contributed by atoms with E-state index in [-0.39, 0.29) is 0 Å². The predicted molar refractivity (Wildman–Crippen MR) is 75.2 cm³/mol. The van der Waals surface area contributed by atoms with Gasteiger partial charge in [-0.25, -0.2) is 0 Å². The van der Waals surface area contributed by atoms with E-state index in [1.807, 2.05) is 18.2 Å². The summed E-state index contributed by atoms with van der Waals surface area (Å²) in [6, 6.07) is 6.75. The van der Waals surface area contributed by atoms with Gasteiger partial charge in [0.2, 0.25) is 0 Å². The summed E-state index contributed by atoms with van der Waals surface area (Å²) in [7, 11) is 0. The van der Waals surface area contributed by atoms with E-state index in [1.54, 1.807) is 0 Å². The summed E-state index contributed by atoms with van der Waals surface area (Å²) in [6.07, 6.45) is 3.72. The Balaban J connectivity index is 1.88. The van der Waals surface area contributed by atoms with E-state index >= 15 is 0 Å². The molecule has 2 rings (SSSR count). The maximum atomic E-state index is 5.98. The molecule has 2 atom stereocenters. The average molecular weight is 273 g/mol. The minimum absolute atomic E-state index is 0.433. The van der Waals surface area contributed by atoms with E-state index in [0.717, 1.165) is 18.7 Å². The van der Waals surface area contributed by atoms with Crippen molar-refractivity contribution >= 4 is 28.9 Å². The van der Waals surface area contributed by atoms with Gasteiger partial charge >= 0.3 is 0 Å². The largest absolute Gasteiger partial charge is 0.382 e. The zero-order chi connectivity index (χ0) is 12.3. The molecule has 0 saturated carbocycles. The molecule has 1 aliphatic rings. The van der Waals surface area contributed by atoms with E-state index in [1.165, 1.54) is 12.8 Å². The molecule has 0 radical (unpaired) electrons. The molecule has 0 amide bonds. The van der Waals surface area contributed by atoms with Gasteiger partial charge in [-0.05, 0) is 50.9 Å². The Labute approximate surface area is 113 Å². The second kappa shape index (κ2) is 5.94. The van der Waals surface area contributed by atoms with E-state index in [2.05, 4.69) is 17.6 Å². The molecular weight excluding hydrogens is 255 g/mol.